The van der Waals surface area contributed by atoms with Crippen LogP contribution in [0.2, 0.25) is 0 Å². The van der Waals surface area contributed by atoms with Gasteiger partial charge in [0.15, 0.2) is 0 Å². The Balaban J connectivity index is 2.03. The molecule has 0 spiro atoms. The lowest BCUT2D eigenvalue weighted by molar-refractivity contribution is 0.0607. The van der Waals surface area contributed by atoms with Gasteiger partial charge in [0.05, 0.1) is 18.5 Å². The van der Waals surface area contributed by atoms with Gasteiger partial charge in [-0.05, 0) is 30.4 Å². The number of pyridine rings is 1. The summed E-state index contributed by atoms with van der Waals surface area (Å²) in [4.78, 5) is 18.1. The number of nitrogens with two attached hydrogens (primary N) is 1. The third kappa shape index (κ3) is 2.11. The molecular formula is C18H16N2O2S. The van der Waals surface area contributed by atoms with Gasteiger partial charge in [0.1, 0.15) is 9.71 Å². The highest BCUT2D eigenvalue weighted by Crippen LogP contribution is 2.42. The van der Waals surface area contributed by atoms with Crippen LogP contribution in [-0.4, -0.2) is 18.1 Å². The normalized spacial score (nSPS) is 13.3. The summed E-state index contributed by atoms with van der Waals surface area (Å²) in [6.07, 6.45) is 3.08. The van der Waals surface area contributed by atoms with Crippen molar-refractivity contribution in [3.05, 3.63) is 46.3 Å². The van der Waals surface area contributed by atoms with Crippen LogP contribution in [0.15, 0.2) is 30.3 Å². The number of carbonyl (C=O) groups is 1. The number of benzene rings is 1. The Bertz CT molecular complexity index is 916. The summed E-state index contributed by atoms with van der Waals surface area (Å²) in [5.74, 6) is -0.390. The van der Waals surface area contributed by atoms with Gasteiger partial charge in [-0.3, -0.25) is 0 Å². The number of hydrogen-bond acceptors (Lipinski definition) is 5. The molecule has 5 heteroatoms. The summed E-state index contributed by atoms with van der Waals surface area (Å²) in [7, 11) is 1.37. The highest BCUT2D eigenvalue weighted by atomic mass is 32.1. The van der Waals surface area contributed by atoms with E-state index in [1.807, 2.05) is 18.2 Å². The molecule has 0 fully saturated rings. The zero-order chi connectivity index (χ0) is 16.0. The van der Waals surface area contributed by atoms with Gasteiger partial charge in [-0.15, -0.1) is 11.3 Å². The molecule has 0 amide bonds. The van der Waals surface area contributed by atoms with Gasteiger partial charge in [-0.25, -0.2) is 9.78 Å². The fraction of sp³-hybridized carbons (Fsp3) is 0.222. The number of hydrogen-bond donors (Lipinski definition) is 1. The third-order valence-electron chi connectivity index (χ3n) is 4.36. The van der Waals surface area contributed by atoms with Gasteiger partial charge in [0.25, 0.3) is 0 Å². The summed E-state index contributed by atoms with van der Waals surface area (Å²) in [5.41, 5.74) is 11.4. The molecule has 1 aliphatic rings. The lowest BCUT2D eigenvalue weighted by Gasteiger charge is -2.09. The fourth-order valence-corrected chi connectivity index (χ4v) is 4.38. The van der Waals surface area contributed by atoms with E-state index in [4.69, 9.17) is 15.5 Å². The Morgan fingerprint density at radius 3 is 2.70 bits per heavy atom. The minimum Gasteiger partial charge on any atom is -0.465 e. The van der Waals surface area contributed by atoms with Crippen LogP contribution in [0.25, 0.3) is 21.5 Å². The molecule has 0 saturated heterocycles. The molecule has 0 bridgehead atoms. The Hall–Kier alpha value is -2.40. The Morgan fingerprint density at radius 1 is 1.22 bits per heavy atom. The Labute approximate surface area is 137 Å². The van der Waals surface area contributed by atoms with Gasteiger partial charge < -0.3 is 10.5 Å². The SMILES string of the molecule is COC(=O)c1sc2nc(-c3ccccc3)c3c(c2c1N)CCC3. The predicted molar refractivity (Wildman–Crippen MR) is 92.8 cm³/mol. The summed E-state index contributed by atoms with van der Waals surface area (Å²) in [6, 6.07) is 10.2. The van der Waals surface area contributed by atoms with Crippen molar-refractivity contribution in [2.45, 2.75) is 19.3 Å². The number of aromatic nitrogens is 1. The van der Waals surface area contributed by atoms with Crippen LogP contribution in [0.5, 0.6) is 0 Å². The fourth-order valence-electron chi connectivity index (χ4n) is 3.33. The van der Waals surface area contributed by atoms with Crippen LogP contribution >= 0.6 is 11.3 Å². The zero-order valence-corrected chi connectivity index (χ0v) is 13.6. The number of thiophene rings is 1. The smallest absolute Gasteiger partial charge is 0.350 e. The maximum Gasteiger partial charge on any atom is 0.350 e. The first-order chi connectivity index (χ1) is 11.2. The molecule has 0 saturated carbocycles. The lowest BCUT2D eigenvalue weighted by atomic mass is 10.0. The van der Waals surface area contributed by atoms with Gasteiger partial charge in [0.2, 0.25) is 0 Å². The average molecular weight is 324 g/mol. The molecule has 3 aromatic rings. The second kappa shape index (κ2) is 5.35. The summed E-state index contributed by atoms with van der Waals surface area (Å²) >= 11 is 1.32. The minimum atomic E-state index is -0.390. The number of aryl methyl sites for hydroxylation is 1. The van der Waals surface area contributed by atoms with Crippen LogP contribution in [0, 0.1) is 0 Å². The molecule has 2 N–H and O–H groups in total. The maximum absolute atomic E-state index is 11.9. The predicted octanol–water partition coefficient (Wildman–Crippen LogP) is 3.82. The summed E-state index contributed by atoms with van der Waals surface area (Å²) in [5, 5.41) is 0.947. The van der Waals surface area contributed by atoms with Gasteiger partial charge in [0, 0.05) is 10.9 Å². The molecule has 0 radical (unpaired) electrons. The van der Waals surface area contributed by atoms with Crippen molar-refractivity contribution < 1.29 is 9.53 Å². The summed E-state index contributed by atoms with van der Waals surface area (Å²) < 4.78 is 4.84. The molecule has 4 rings (SSSR count). The number of esters is 1. The van der Waals surface area contributed by atoms with E-state index in [-0.39, 0.29) is 0 Å². The Morgan fingerprint density at radius 2 is 1.96 bits per heavy atom. The van der Waals surface area contributed by atoms with Gasteiger partial charge >= 0.3 is 5.97 Å². The number of methoxy groups -OCH3 is 1. The topological polar surface area (TPSA) is 65.2 Å². The Kier molecular flexibility index (Phi) is 3.31. The number of nitrogen functional groups attached to an aromatic ring is 1. The molecular weight excluding hydrogens is 308 g/mol. The first-order valence-corrected chi connectivity index (χ1v) is 8.39. The molecule has 0 atom stereocenters. The van der Waals surface area contributed by atoms with Crippen molar-refractivity contribution in [3.63, 3.8) is 0 Å². The molecule has 1 aliphatic carbocycles. The van der Waals surface area contributed by atoms with Crippen molar-refractivity contribution in [1.29, 1.82) is 0 Å². The van der Waals surface area contributed by atoms with E-state index >= 15 is 0 Å². The zero-order valence-electron chi connectivity index (χ0n) is 12.8. The summed E-state index contributed by atoms with van der Waals surface area (Å²) in [6.45, 7) is 0. The molecule has 0 aliphatic heterocycles. The van der Waals surface area contributed by atoms with Crippen molar-refractivity contribution in [2.75, 3.05) is 12.8 Å². The first kappa shape index (κ1) is 14.2. The van der Waals surface area contributed by atoms with E-state index in [1.165, 1.54) is 29.6 Å². The van der Waals surface area contributed by atoms with E-state index in [0.29, 0.717) is 10.6 Å². The van der Waals surface area contributed by atoms with Crippen LogP contribution in [0.1, 0.15) is 27.2 Å². The molecule has 4 nitrogen and oxygen atoms in total. The van der Waals surface area contributed by atoms with Crippen LogP contribution in [-0.2, 0) is 17.6 Å². The molecule has 0 unspecified atom stereocenters. The highest BCUT2D eigenvalue weighted by molar-refractivity contribution is 7.21. The number of rotatable bonds is 2. The third-order valence-corrected chi connectivity index (χ3v) is 5.44. The molecule has 2 heterocycles. The van der Waals surface area contributed by atoms with Crippen molar-refractivity contribution in [1.82, 2.24) is 4.98 Å². The van der Waals surface area contributed by atoms with Crippen LogP contribution in [0.4, 0.5) is 5.69 Å². The molecule has 2 aromatic heterocycles. The number of ether oxygens (including phenoxy) is 1. The van der Waals surface area contributed by atoms with E-state index in [9.17, 15) is 4.79 Å². The van der Waals surface area contributed by atoms with E-state index in [0.717, 1.165) is 40.7 Å². The van der Waals surface area contributed by atoms with Crippen molar-refractivity contribution in [2.24, 2.45) is 0 Å². The molecule has 23 heavy (non-hydrogen) atoms. The van der Waals surface area contributed by atoms with Crippen LogP contribution < -0.4 is 5.73 Å². The van der Waals surface area contributed by atoms with Crippen LogP contribution in [0.3, 0.4) is 0 Å². The van der Waals surface area contributed by atoms with Gasteiger partial charge in [-0.1, -0.05) is 30.3 Å². The van der Waals surface area contributed by atoms with Crippen molar-refractivity contribution >= 4 is 33.2 Å². The number of fused-ring (bicyclic) bond motifs is 3. The minimum absolute atomic E-state index is 0.390. The van der Waals surface area contributed by atoms with E-state index in [1.54, 1.807) is 0 Å². The maximum atomic E-state index is 11.9. The highest BCUT2D eigenvalue weighted by Gasteiger charge is 2.26. The number of anilines is 1. The second-order valence-electron chi connectivity index (χ2n) is 5.65. The standard InChI is InChI=1S/C18H16N2O2S/c1-22-18(21)16-14(19)13-11-8-5-9-12(11)15(20-17(13)23-16)10-6-3-2-4-7-10/h2-4,6-7H,5,8-9,19H2,1H3. The number of nitrogens with zero attached hydrogens (tertiary/aromatic N) is 1. The average Bonchev–Trinajstić information content (AvgIpc) is 3.18. The number of carbonyl (C=O) groups excluding carboxylic acids is 1. The largest absolute Gasteiger partial charge is 0.465 e. The molecule has 1 aromatic carbocycles. The lowest BCUT2D eigenvalue weighted by Crippen LogP contribution is -2.02. The van der Waals surface area contributed by atoms with E-state index < -0.39 is 5.97 Å². The van der Waals surface area contributed by atoms with Crippen molar-refractivity contribution in [3.8, 4) is 11.3 Å². The quantitative estimate of drug-likeness (QED) is 0.728. The second-order valence-corrected chi connectivity index (χ2v) is 6.65. The monoisotopic (exact) mass is 324 g/mol. The van der Waals surface area contributed by atoms with E-state index in [2.05, 4.69) is 12.1 Å². The van der Waals surface area contributed by atoms with Gasteiger partial charge in [-0.2, -0.15) is 0 Å². The first-order valence-electron chi connectivity index (χ1n) is 7.58. The molecule has 116 valence electrons.